The fraction of sp³-hybridized carbons (Fsp3) is 0.286. The van der Waals surface area contributed by atoms with Crippen LogP contribution in [0.2, 0.25) is 5.02 Å². The van der Waals surface area contributed by atoms with Crippen LogP contribution in [-0.4, -0.2) is 33.7 Å². The van der Waals surface area contributed by atoms with E-state index in [4.69, 9.17) is 16.3 Å². The van der Waals surface area contributed by atoms with E-state index < -0.39 is 11.9 Å². The van der Waals surface area contributed by atoms with Crippen LogP contribution in [-0.2, 0) is 20.7 Å². The summed E-state index contributed by atoms with van der Waals surface area (Å²) in [5.41, 5.74) is 1.47. The molecule has 1 heterocycles. The van der Waals surface area contributed by atoms with E-state index >= 15 is 0 Å². The van der Waals surface area contributed by atoms with Gasteiger partial charge in [0, 0.05) is 17.1 Å². The summed E-state index contributed by atoms with van der Waals surface area (Å²) in [4.78, 5) is 27.1. The molecule has 2 aromatic rings. The number of rotatable bonds is 6. The molecule has 8 heteroatoms. The van der Waals surface area contributed by atoms with Crippen LogP contribution in [0.1, 0.15) is 17.8 Å². The summed E-state index contributed by atoms with van der Waals surface area (Å²) in [6.45, 7) is 1.52. The molecule has 0 bridgehead atoms. The van der Waals surface area contributed by atoms with E-state index in [0.717, 1.165) is 5.56 Å². The summed E-state index contributed by atoms with van der Waals surface area (Å²) in [6, 6.07) is 5.16. The van der Waals surface area contributed by atoms with E-state index in [2.05, 4.69) is 20.5 Å². The Morgan fingerprint density at radius 1 is 1.41 bits per heavy atom. The number of aryl methyl sites for hydroxylation is 2. The van der Waals surface area contributed by atoms with Crippen molar-refractivity contribution < 1.29 is 14.3 Å². The first kappa shape index (κ1) is 16.0. The molecule has 1 amide bonds. The van der Waals surface area contributed by atoms with Crippen molar-refractivity contribution >= 4 is 29.2 Å². The number of nitrogens with one attached hydrogen (secondary N) is 2. The molecule has 0 unspecified atom stereocenters. The number of carbonyl (C=O) groups is 2. The maximum atomic E-state index is 11.7. The minimum Gasteiger partial charge on any atom is -0.456 e. The molecule has 2 rings (SSSR count). The van der Waals surface area contributed by atoms with Gasteiger partial charge in [-0.3, -0.25) is 14.7 Å². The molecule has 0 saturated carbocycles. The van der Waals surface area contributed by atoms with E-state index in [-0.39, 0.29) is 13.0 Å². The van der Waals surface area contributed by atoms with E-state index in [0.29, 0.717) is 23.0 Å². The summed E-state index contributed by atoms with van der Waals surface area (Å²) < 4.78 is 4.88. The van der Waals surface area contributed by atoms with E-state index in [9.17, 15) is 9.59 Å². The Morgan fingerprint density at radius 2 is 2.23 bits per heavy atom. The number of H-pyrrole nitrogens is 1. The van der Waals surface area contributed by atoms with Gasteiger partial charge in [-0.05, 0) is 24.6 Å². The average Bonchev–Trinajstić information content (AvgIpc) is 3.00. The normalized spacial score (nSPS) is 10.3. The second-order valence-corrected chi connectivity index (χ2v) is 5.01. The third-order valence-electron chi connectivity index (χ3n) is 2.85. The smallest absolute Gasteiger partial charge is 0.306 e. The lowest BCUT2D eigenvalue weighted by Crippen LogP contribution is -2.21. The van der Waals surface area contributed by atoms with Gasteiger partial charge in [0.2, 0.25) is 0 Å². The number of amides is 1. The molecule has 1 aromatic heterocycles. The Morgan fingerprint density at radius 3 is 2.91 bits per heavy atom. The fourth-order valence-corrected chi connectivity index (χ4v) is 1.84. The Balaban J connectivity index is 1.72. The standard InChI is InChI=1S/C14H15ClN4O3/c1-9-2-3-10(6-11(9)15)18-13(20)7-22-14(21)5-4-12-16-8-17-19-12/h2-3,6,8H,4-5,7H2,1H3,(H,18,20)(H,16,17,19). The maximum absolute atomic E-state index is 11.7. The highest BCUT2D eigenvalue weighted by Gasteiger charge is 2.09. The number of ether oxygens (including phenoxy) is 1. The van der Waals surface area contributed by atoms with E-state index in [1.165, 1.54) is 6.33 Å². The number of aromatic nitrogens is 3. The third-order valence-corrected chi connectivity index (χ3v) is 3.26. The summed E-state index contributed by atoms with van der Waals surface area (Å²) in [6.07, 6.45) is 1.87. The van der Waals surface area contributed by atoms with Gasteiger partial charge >= 0.3 is 5.97 Å². The summed E-state index contributed by atoms with van der Waals surface area (Å²) >= 11 is 5.96. The topological polar surface area (TPSA) is 97.0 Å². The molecule has 0 fully saturated rings. The number of aromatic amines is 1. The van der Waals surface area contributed by atoms with E-state index in [1.807, 2.05) is 6.92 Å². The third kappa shape index (κ3) is 4.85. The van der Waals surface area contributed by atoms with Gasteiger partial charge < -0.3 is 10.1 Å². The lowest BCUT2D eigenvalue weighted by molar-refractivity contribution is -0.147. The maximum Gasteiger partial charge on any atom is 0.306 e. The van der Waals surface area contributed by atoms with Crippen LogP contribution in [0.15, 0.2) is 24.5 Å². The first-order chi connectivity index (χ1) is 10.5. The first-order valence-corrected chi connectivity index (χ1v) is 6.98. The Bertz CT molecular complexity index is 658. The monoisotopic (exact) mass is 322 g/mol. The minimum absolute atomic E-state index is 0.124. The Labute approximate surface area is 132 Å². The highest BCUT2D eigenvalue weighted by molar-refractivity contribution is 6.31. The van der Waals surface area contributed by atoms with Crippen molar-refractivity contribution in [1.29, 1.82) is 0 Å². The molecule has 0 spiro atoms. The van der Waals surface area contributed by atoms with Gasteiger partial charge in [0.1, 0.15) is 12.2 Å². The molecule has 22 heavy (non-hydrogen) atoms. The molecule has 0 aliphatic carbocycles. The van der Waals surface area contributed by atoms with Crippen molar-refractivity contribution in [1.82, 2.24) is 15.2 Å². The van der Waals surface area contributed by atoms with Gasteiger partial charge in [-0.15, -0.1) is 0 Å². The number of carbonyl (C=O) groups excluding carboxylic acids is 2. The van der Waals surface area contributed by atoms with Crippen molar-refractivity contribution in [3.63, 3.8) is 0 Å². The molecule has 7 nitrogen and oxygen atoms in total. The highest BCUT2D eigenvalue weighted by atomic mass is 35.5. The van der Waals surface area contributed by atoms with Crippen molar-refractivity contribution in [3.05, 3.63) is 40.9 Å². The molecule has 116 valence electrons. The number of halogens is 1. The van der Waals surface area contributed by atoms with Gasteiger partial charge in [-0.2, -0.15) is 5.10 Å². The van der Waals surface area contributed by atoms with Crippen LogP contribution in [0.4, 0.5) is 5.69 Å². The summed E-state index contributed by atoms with van der Waals surface area (Å²) in [7, 11) is 0. The van der Waals surface area contributed by atoms with Crippen molar-refractivity contribution in [2.45, 2.75) is 19.8 Å². The van der Waals surface area contributed by atoms with Crippen molar-refractivity contribution in [2.24, 2.45) is 0 Å². The summed E-state index contributed by atoms with van der Waals surface area (Å²) in [5.74, 6) is -0.308. The predicted molar refractivity (Wildman–Crippen MR) is 80.5 cm³/mol. The van der Waals surface area contributed by atoms with Gasteiger partial charge in [-0.25, -0.2) is 4.98 Å². The second-order valence-electron chi connectivity index (χ2n) is 4.60. The Kier molecular flexibility index (Phi) is 5.48. The lowest BCUT2D eigenvalue weighted by atomic mass is 10.2. The first-order valence-electron chi connectivity index (χ1n) is 6.60. The number of anilines is 1. The molecule has 0 aliphatic rings. The quantitative estimate of drug-likeness (QED) is 0.791. The molecule has 0 radical (unpaired) electrons. The Hall–Kier alpha value is -2.41. The number of hydrogen-bond acceptors (Lipinski definition) is 5. The SMILES string of the molecule is Cc1ccc(NC(=O)COC(=O)CCc2ncn[nH]2)cc1Cl. The molecule has 0 aliphatic heterocycles. The van der Waals surface area contributed by atoms with Gasteiger partial charge in [0.15, 0.2) is 6.61 Å². The van der Waals surface area contributed by atoms with Crippen LogP contribution >= 0.6 is 11.6 Å². The largest absolute Gasteiger partial charge is 0.456 e. The average molecular weight is 323 g/mol. The summed E-state index contributed by atoms with van der Waals surface area (Å²) in [5, 5.41) is 9.47. The highest BCUT2D eigenvalue weighted by Crippen LogP contribution is 2.19. The van der Waals surface area contributed by atoms with E-state index in [1.54, 1.807) is 18.2 Å². The van der Waals surface area contributed by atoms with Crippen LogP contribution in [0.5, 0.6) is 0 Å². The van der Waals surface area contributed by atoms with Crippen LogP contribution in [0.25, 0.3) is 0 Å². The molecule has 1 aromatic carbocycles. The van der Waals surface area contributed by atoms with Gasteiger partial charge in [0.05, 0.1) is 6.42 Å². The molecule has 0 atom stereocenters. The molecular weight excluding hydrogens is 308 g/mol. The molecular formula is C14H15ClN4O3. The lowest BCUT2D eigenvalue weighted by Gasteiger charge is -2.07. The van der Waals surface area contributed by atoms with Crippen LogP contribution in [0, 0.1) is 6.92 Å². The zero-order valence-corrected chi connectivity index (χ0v) is 12.7. The van der Waals surface area contributed by atoms with Crippen LogP contribution in [0.3, 0.4) is 0 Å². The molecule has 0 saturated heterocycles. The minimum atomic E-state index is -0.478. The van der Waals surface area contributed by atoms with Crippen LogP contribution < -0.4 is 5.32 Å². The fourth-order valence-electron chi connectivity index (χ4n) is 1.66. The van der Waals surface area contributed by atoms with Crippen molar-refractivity contribution in [2.75, 3.05) is 11.9 Å². The predicted octanol–water partition coefficient (Wildman–Crippen LogP) is 1.88. The number of benzene rings is 1. The molecule has 2 N–H and O–H groups in total. The van der Waals surface area contributed by atoms with Gasteiger partial charge in [-0.1, -0.05) is 17.7 Å². The zero-order chi connectivity index (χ0) is 15.9. The van der Waals surface area contributed by atoms with Gasteiger partial charge in [0.25, 0.3) is 5.91 Å². The second kappa shape index (κ2) is 7.56. The number of esters is 1. The number of nitrogens with zero attached hydrogens (tertiary/aromatic N) is 2. The van der Waals surface area contributed by atoms with Crippen molar-refractivity contribution in [3.8, 4) is 0 Å². The number of hydrogen-bond donors (Lipinski definition) is 2. The zero-order valence-electron chi connectivity index (χ0n) is 11.9.